The van der Waals surface area contributed by atoms with E-state index in [9.17, 15) is 17.6 Å². The fourth-order valence-electron chi connectivity index (χ4n) is 2.98. The van der Waals surface area contributed by atoms with Gasteiger partial charge in [-0.25, -0.2) is 12.8 Å². The van der Waals surface area contributed by atoms with Gasteiger partial charge in [0.25, 0.3) is 15.9 Å². The number of carbonyl (C=O) groups excluding carboxylic acids is 1. The van der Waals surface area contributed by atoms with E-state index in [1.165, 1.54) is 49.5 Å². The minimum atomic E-state index is -3.96. The monoisotopic (exact) mass is 455 g/mol. The lowest BCUT2D eigenvalue weighted by Crippen LogP contribution is -2.38. The number of nitrogens with one attached hydrogen (secondary N) is 1. The fourth-order valence-corrected chi connectivity index (χ4v) is 4.40. The maximum absolute atomic E-state index is 13.1. The van der Waals surface area contributed by atoms with Crippen molar-refractivity contribution < 1.29 is 17.6 Å². The van der Waals surface area contributed by atoms with Crippen molar-refractivity contribution in [2.45, 2.75) is 31.7 Å². The first-order valence-corrected chi connectivity index (χ1v) is 11.5. The summed E-state index contributed by atoms with van der Waals surface area (Å²) in [5.41, 5.74) is 0.378. The van der Waals surface area contributed by atoms with Crippen LogP contribution in [0.1, 0.15) is 31.1 Å². The number of halogens is 2. The largest absolute Gasteiger partial charge is 0.351 e. The van der Waals surface area contributed by atoms with Gasteiger partial charge in [-0.15, -0.1) is 0 Å². The summed E-state index contributed by atoms with van der Waals surface area (Å²) in [6.07, 6.45) is 0. The zero-order chi connectivity index (χ0) is 22.5. The molecule has 2 aromatic carbocycles. The third-order valence-corrected chi connectivity index (χ3v) is 6.96. The van der Waals surface area contributed by atoms with Gasteiger partial charge in [0.15, 0.2) is 0 Å². The van der Waals surface area contributed by atoms with Crippen LogP contribution >= 0.6 is 11.6 Å². The highest BCUT2D eigenvalue weighted by atomic mass is 35.5. The highest BCUT2D eigenvalue weighted by molar-refractivity contribution is 7.92. The van der Waals surface area contributed by atoms with E-state index in [4.69, 9.17) is 11.6 Å². The number of carbonyl (C=O) groups is 1. The van der Waals surface area contributed by atoms with Gasteiger partial charge in [0.2, 0.25) is 0 Å². The van der Waals surface area contributed by atoms with Gasteiger partial charge in [-0.3, -0.25) is 14.0 Å². The van der Waals surface area contributed by atoms with Crippen LogP contribution in [0.4, 0.5) is 10.1 Å². The third-order valence-electron chi connectivity index (χ3n) is 4.85. The van der Waals surface area contributed by atoms with Crippen molar-refractivity contribution in [3.63, 3.8) is 0 Å². The zero-order valence-electron chi connectivity index (χ0n) is 17.5. The molecule has 0 aliphatic rings. The Morgan fingerprint density at radius 1 is 1.17 bits per heavy atom. The van der Waals surface area contributed by atoms with Crippen LogP contribution in [-0.2, 0) is 10.0 Å². The van der Waals surface area contributed by atoms with Gasteiger partial charge in [0.1, 0.15) is 5.82 Å². The van der Waals surface area contributed by atoms with Gasteiger partial charge in [-0.2, -0.15) is 0 Å². The molecule has 0 spiro atoms. The highest BCUT2D eigenvalue weighted by Crippen LogP contribution is 2.26. The van der Waals surface area contributed by atoms with Crippen molar-refractivity contribution in [2.24, 2.45) is 0 Å². The molecule has 0 radical (unpaired) electrons. The predicted molar refractivity (Wildman–Crippen MR) is 118 cm³/mol. The average Bonchev–Trinajstić information content (AvgIpc) is 2.71. The number of hydrogen-bond donors (Lipinski definition) is 1. The zero-order valence-corrected chi connectivity index (χ0v) is 19.1. The molecule has 164 valence electrons. The van der Waals surface area contributed by atoms with E-state index in [-0.39, 0.29) is 15.5 Å². The van der Waals surface area contributed by atoms with Crippen molar-refractivity contribution in [3.8, 4) is 0 Å². The Morgan fingerprint density at radius 3 is 2.37 bits per heavy atom. The summed E-state index contributed by atoms with van der Waals surface area (Å²) in [5.74, 6) is -0.907. The maximum atomic E-state index is 13.1. The molecule has 0 fully saturated rings. The average molecular weight is 456 g/mol. The number of benzene rings is 2. The first kappa shape index (κ1) is 24.1. The van der Waals surface area contributed by atoms with Gasteiger partial charge >= 0.3 is 0 Å². The van der Waals surface area contributed by atoms with Crippen molar-refractivity contribution in [2.75, 3.05) is 31.0 Å². The van der Waals surface area contributed by atoms with E-state index >= 15 is 0 Å². The topological polar surface area (TPSA) is 69.7 Å². The van der Waals surface area contributed by atoms with E-state index < -0.39 is 21.7 Å². The molecule has 0 saturated heterocycles. The van der Waals surface area contributed by atoms with E-state index in [0.29, 0.717) is 24.8 Å². The van der Waals surface area contributed by atoms with Gasteiger partial charge in [0, 0.05) is 26.2 Å². The van der Waals surface area contributed by atoms with Crippen LogP contribution in [0.15, 0.2) is 47.4 Å². The molecule has 9 heteroatoms. The number of sulfonamides is 1. The number of nitrogens with zero attached hydrogens (tertiary/aromatic N) is 2. The van der Waals surface area contributed by atoms with Gasteiger partial charge in [-0.1, -0.05) is 18.5 Å². The van der Waals surface area contributed by atoms with Crippen LogP contribution in [0.3, 0.4) is 0 Å². The SMILES string of the molecule is CCN(CCNC(=O)c1cc(S(=O)(=O)N(C)c2ccc(F)cc2)ccc1Cl)C(C)C. The summed E-state index contributed by atoms with van der Waals surface area (Å²) >= 11 is 6.15. The van der Waals surface area contributed by atoms with E-state index in [1.54, 1.807) is 0 Å². The molecule has 2 aromatic rings. The minimum Gasteiger partial charge on any atom is -0.351 e. The summed E-state index contributed by atoms with van der Waals surface area (Å²) in [4.78, 5) is 14.7. The van der Waals surface area contributed by atoms with Gasteiger partial charge in [0.05, 0.1) is 21.2 Å². The summed E-state index contributed by atoms with van der Waals surface area (Å²) < 4.78 is 40.1. The van der Waals surface area contributed by atoms with Gasteiger partial charge in [-0.05, 0) is 62.9 Å². The normalized spacial score (nSPS) is 11.7. The predicted octanol–water partition coefficient (Wildman–Crippen LogP) is 3.76. The third kappa shape index (κ3) is 5.71. The summed E-state index contributed by atoms with van der Waals surface area (Å²) in [7, 11) is -2.60. The first-order valence-electron chi connectivity index (χ1n) is 9.64. The quantitative estimate of drug-likeness (QED) is 0.625. The van der Waals surface area contributed by atoms with Crippen LogP contribution in [0.2, 0.25) is 5.02 Å². The Bertz CT molecular complexity index is 981. The lowest BCUT2D eigenvalue weighted by molar-refractivity contribution is 0.0946. The van der Waals surface area contributed by atoms with Crippen LogP contribution in [0.5, 0.6) is 0 Å². The Labute approximate surface area is 182 Å². The molecule has 1 amide bonds. The highest BCUT2D eigenvalue weighted by Gasteiger charge is 2.24. The molecule has 0 heterocycles. The molecule has 6 nitrogen and oxygen atoms in total. The molecule has 30 heavy (non-hydrogen) atoms. The lowest BCUT2D eigenvalue weighted by atomic mass is 10.2. The smallest absolute Gasteiger partial charge is 0.264 e. The molecule has 1 N–H and O–H groups in total. The van der Waals surface area contributed by atoms with Crippen molar-refractivity contribution in [1.82, 2.24) is 10.2 Å². The number of rotatable bonds is 9. The molecule has 0 unspecified atom stereocenters. The summed E-state index contributed by atoms with van der Waals surface area (Å²) in [6, 6.07) is 9.42. The van der Waals surface area contributed by atoms with Crippen molar-refractivity contribution in [1.29, 1.82) is 0 Å². The standard InChI is InChI=1S/C21H27ClFN3O3S/c1-5-26(15(2)3)13-12-24-21(27)19-14-18(10-11-20(19)22)30(28,29)25(4)17-8-6-16(23)7-9-17/h6-11,14-15H,5,12-13H2,1-4H3,(H,24,27). The molecule has 0 aromatic heterocycles. The maximum Gasteiger partial charge on any atom is 0.264 e. The Hall–Kier alpha value is -2.16. The van der Waals surface area contributed by atoms with E-state index in [1.807, 2.05) is 6.92 Å². The Morgan fingerprint density at radius 2 is 1.80 bits per heavy atom. The second-order valence-electron chi connectivity index (χ2n) is 7.07. The summed E-state index contributed by atoms with van der Waals surface area (Å²) in [6.45, 7) is 8.14. The van der Waals surface area contributed by atoms with Crippen LogP contribution in [0.25, 0.3) is 0 Å². The second kappa shape index (κ2) is 10.2. The number of hydrogen-bond acceptors (Lipinski definition) is 4. The molecular weight excluding hydrogens is 429 g/mol. The molecule has 0 bridgehead atoms. The lowest BCUT2D eigenvalue weighted by Gasteiger charge is -2.24. The summed E-state index contributed by atoms with van der Waals surface area (Å²) in [5, 5.41) is 2.95. The minimum absolute atomic E-state index is 0.0813. The fraction of sp³-hybridized carbons (Fsp3) is 0.381. The Balaban J connectivity index is 2.20. The number of anilines is 1. The Kier molecular flexibility index (Phi) is 8.23. The molecule has 0 aliphatic heterocycles. The van der Waals surface area contributed by atoms with Crippen molar-refractivity contribution in [3.05, 3.63) is 58.9 Å². The van der Waals surface area contributed by atoms with E-state index in [2.05, 4.69) is 24.1 Å². The number of amides is 1. The van der Waals surface area contributed by atoms with Crippen LogP contribution in [0, 0.1) is 5.82 Å². The molecular formula is C21H27ClFN3O3S. The number of likely N-dealkylation sites (N-methyl/N-ethyl adjacent to an activating group) is 1. The van der Waals surface area contributed by atoms with Crippen LogP contribution in [-0.4, -0.2) is 51.9 Å². The molecule has 0 atom stereocenters. The first-order chi connectivity index (χ1) is 14.1. The second-order valence-corrected chi connectivity index (χ2v) is 9.45. The van der Waals surface area contributed by atoms with Crippen molar-refractivity contribution >= 4 is 33.2 Å². The van der Waals surface area contributed by atoms with E-state index in [0.717, 1.165) is 10.8 Å². The van der Waals surface area contributed by atoms with Crippen LogP contribution < -0.4 is 9.62 Å². The molecule has 0 saturated carbocycles. The molecule has 2 rings (SSSR count). The molecule has 0 aliphatic carbocycles. The van der Waals surface area contributed by atoms with Gasteiger partial charge < -0.3 is 5.32 Å².